The van der Waals surface area contributed by atoms with Crippen LogP contribution in [0.25, 0.3) is 11.0 Å². The van der Waals surface area contributed by atoms with Crippen molar-refractivity contribution in [3.05, 3.63) is 27.2 Å². The highest BCUT2D eigenvalue weighted by Gasteiger charge is 2.25. The second kappa shape index (κ2) is 5.00. The van der Waals surface area contributed by atoms with Crippen molar-refractivity contribution in [3.8, 4) is 0 Å². The number of rotatable bonds is 4. The Morgan fingerprint density at radius 1 is 1.53 bits per heavy atom. The van der Waals surface area contributed by atoms with Crippen LogP contribution in [0.5, 0.6) is 0 Å². The molecule has 1 aliphatic carbocycles. The van der Waals surface area contributed by atoms with E-state index in [2.05, 4.69) is 32.9 Å². The van der Waals surface area contributed by atoms with E-state index < -0.39 is 0 Å². The van der Waals surface area contributed by atoms with Crippen LogP contribution in [0.4, 0.5) is 4.39 Å². The summed E-state index contributed by atoms with van der Waals surface area (Å²) >= 11 is 8.52. The predicted molar refractivity (Wildman–Crippen MR) is 80.4 cm³/mol. The minimum atomic E-state index is -0.259. The Balaban J connectivity index is 1.91. The van der Waals surface area contributed by atoms with Crippen molar-refractivity contribution in [2.24, 2.45) is 0 Å². The molecular weight excluding hydrogens is 329 g/mol. The molecule has 1 aromatic heterocycles. The van der Waals surface area contributed by atoms with Crippen LogP contribution in [0.1, 0.15) is 12.8 Å². The summed E-state index contributed by atoms with van der Waals surface area (Å²) in [5.74, 6) is -0.259. The van der Waals surface area contributed by atoms with E-state index in [9.17, 15) is 4.39 Å². The summed E-state index contributed by atoms with van der Waals surface area (Å²) in [5, 5.41) is 0. The smallest absolute Gasteiger partial charge is 0.178 e. The standard InChI is InChI=1S/C13H15BrFN3S/c1-17(8-2-3-8)4-5-18-12-7-10(15)9(14)6-11(12)16-13(18)19/h6-8H,2-5H2,1H3,(H,16,19). The summed E-state index contributed by atoms with van der Waals surface area (Å²) in [7, 11) is 2.13. The van der Waals surface area contributed by atoms with Crippen molar-refractivity contribution in [1.82, 2.24) is 14.5 Å². The van der Waals surface area contributed by atoms with E-state index in [-0.39, 0.29) is 5.82 Å². The number of H-pyrrole nitrogens is 1. The van der Waals surface area contributed by atoms with Gasteiger partial charge in [-0.2, -0.15) is 0 Å². The van der Waals surface area contributed by atoms with Crippen molar-refractivity contribution in [2.45, 2.75) is 25.4 Å². The molecule has 1 saturated carbocycles. The van der Waals surface area contributed by atoms with Crippen LogP contribution in [-0.4, -0.2) is 34.1 Å². The number of benzene rings is 1. The predicted octanol–water partition coefficient (Wildman–Crippen LogP) is 3.69. The summed E-state index contributed by atoms with van der Waals surface area (Å²) < 4.78 is 16.7. The first-order chi connectivity index (χ1) is 9.06. The summed E-state index contributed by atoms with van der Waals surface area (Å²) in [5.41, 5.74) is 1.70. The maximum Gasteiger partial charge on any atom is 0.178 e. The molecule has 0 unspecified atom stereocenters. The summed E-state index contributed by atoms with van der Waals surface area (Å²) in [6.07, 6.45) is 2.58. The van der Waals surface area contributed by atoms with Crippen molar-refractivity contribution in [1.29, 1.82) is 0 Å². The number of halogens is 2. The fourth-order valence-electron chi connectivity index (χ4n) is 2.33. The molecule has 2 aromatic rings. The highest BCUT2D eigenvalue weighted by atomic mass is 79.9. The Labute approximate surface area is 124 Å². The molecule has 0 amide bonds. The van der Waals surface area contributed by atoms with Crippen molar-refractivity contribution in [2.75, 3.05) is 13.6 Å². The summed E-state index contributed by atoms with van der Waals surface area (Å²) in [4.78, 5) is 5.47. The second-order valence-electron chi connectivity index (χ2n) is 5.08. The molecule has 1 aromatic carbocycles. The lowest BCUT2D eigenvalue weighted by molar-refractivity contribution is 0.310. The Bertz CT molecular complexity index is 674. The molecule has 0 atom stereocenters. The lowest BCUT2D eigenvalue weighted by atomic mass is 10.3. The fourth-order valence-corrected chi connectivity index (χ4v) is 2.97. The van der Waals surface area contributed by atoms with Crippen LogP contribution in [0.3, 0.4) is 0 Å². The fraction of sp³-hybridized carbons (Fsp3) is 0.462. The first kappa shape index (κ1) is 13.3. The Morgan fingerprint density at radius 2 is 2.26 bits per heavy atom. The molecule has 1 N–H and O–H groups in total. The number of fused-ring (bicyclic) bond motifs is 1. The first-order valence-electron chi connectivity index (χ1n) is 6.34. The van der Waals surface area contributed by atoms with E-state index in [4.69, 9.17) is 12.2 Å². The molecule has 0 spiro atoms. The zero-order valence-electron chi connectivity index (χ0n) is 10.6. The van der Waals surface area contributed by atoms with Gasteiger partial charge in [0, 0.05) is 25.2 Å². The molecule has 1 fully saturated rings. The van der Waals surface area contributed by atoms with Gasteiger partial charge in [0.15, 0.2) is 4.77 Å². The number of hydrogen-bond donors (Lipinski definition) is 1. The van der Waals surface area contributed by atoms with E-state index in [0.29, 0.717) is 9.24 Å². The molecule has 0 radical (unpaired) electrons. The van der Waals surface area contributed by atoms with Gasteiger partial charge in [-0.3, -0.25) is 0 Å². The summed E-state index contributed by atoms with van der Waals surface area (Å²) in [6.45, 7) is 1.72. The van der Waals surface area contributed by atoms with Gasteiger partial charge in [-0.15, -0.1) is 0 Å². The number of aromatic nitrogens is 2. The Kier molecular flexibility index (Phi) is 3.49. The van der Waals surface area contributed by atoms with E-state index in [1.165, 1.54) is 18.9 Å². The minimum absolute atomic E-state index is 0.259. The molecule has 1 aliphatic rings. The molecular formula is C13H15BrFN3S. The maximum absolute atomic E-state index is 13.7. The highest BCUT2D eigenvalue weighted by molar-refractivity contribution is 9.10. The zero-order valence-corrected chi connectivity index (χ0v) is 13.0. The maximum atomic E-state index is 13.7. The zero-order chi connectivity index (χ0) is 13.6. The molecule has 6 heteroatoms. The lowest BCUT2D eigenvalue weighted by Crippen LogP contribution is -2.25. The van der Waals surface area contributed by atoms with Crippen LogP contribution in [0.15, 0.2) is 16.6 Å². The van der Waals surface area contributed by atoms with E-state index >= 15 is 0 Å². The molecule has 0 bridgehead atoms. The number of aromatic amines is 1. The minimum Gasteiger partial charge on any atom is -0.331 e. The van der Waals surface area contributed by atoms with E-state index in [1.807, 2.05) is 4.57 Å². The van der Waals surface area contributed by atoms with Gasteiger partial charge in [0.05, 0.1) is 15.5 Å². The largest absolute Gasteiger partial charge is 0.331 e. The number of imidazole rings is 1. The topological polar surface area (TPSA) is 24.0 Å². The average Bonchev–Trinajstić information content (AvgIpc) is 3.15. The lowest BCUT2D eigenvalue weighted by Gasteiger charge is -2.16. The molecule has 3 nitrogen and oxygen atoms in total. The van der Waals surface area contributed by atoms with Gasteiger partial charge < -0.3 is 14.5 Å². The van der Waals surface area contributed by atoms with Gasteiger partial charge in [-0.1, -0.05) is 0 Å². The number of likely N-dealkylation sites (N-methyl/N-ethyl adjacent to an activating group) is 1. The van der Waals surface area contributed by atoms with Crippen LogP contribution >= 0.6 is 28.1 Å². The van der Waals surface area contributed by atoms with Crippen LogP contribution < -0.4 is 0 Å². The molecule has 3 rings (SSSR count). The number of nitrogens with zero attached hydrogens (tertiary/aromatic N) is 2. The van der Waals surface area contributed by atoms with E-state index in [1.54, 1.807) is 6.07 Å². The van der Waals surface area contributed by atoms with Crippen molar-refractivity contribution >= 4 is 39.2 Å². The van der Waals surface area contributed by atoms with Crippen molar-refractivity contribution < 1.29 is 4.39 Å². The summed E-state index contributed by atoms with van der Waals surface area (Å²) in [6, 6.07) is 4.00. The number of hydrogen-bond acceptors (Lipinski definition) is 2. The Morgan fingerprint density at radius 3 is 2.95 bits per heavy atom. The molecule has 0 aliphatic heterocycles. The third-order valence-corrected chi connectivity index (χ3v) is 4.59. The second-order valence-corrected chi connectivity index (χ2v) is 6.32. The highest BCUT2D eigenvalue weighted by Crippen LogP contribution is 2.26. The monoisotopic (exact) mass is 343 g/mol. The average molecular weight is 344 g/mol. The normalized spacial score (nSPS) is 15.6. The molecule has 102 valence electrons. The quantitative estimate of drug-likeness (QED) is 0.856. The molecule has 0 saturated heterocycles. The van der Waals surface area contributed by atoms with Gasteiger partial charge in [0.1, 0.15) is 5.82 Å². The number of nitrogens with one attached hydrogen (secondary N) is 1. The van der Waals surface area contributed by atoms with Gasteiger partial charge in [-0.25, -0.2) is 4.39 Å². The molecule has 1 heterocycles. The van der Waals surface area contributed by atoms with Crippen LogP contribution in [0, 0.1) is 10.6 Å². The van der Waals surface area contributed by atoms with Crippen molar-refractivity contribution in [3.63, 3.8) is 0 Å². The van der Waals surface area contributed by atoms with Gasteiger partial charge in [0.25, 0.3) is 0 Å². The van der Waals surface area contributed by atoms with Gasteiger partial charge in [0.2, 0.25) is 0 Å². The SMILES string of the molecule is CN(CCn1c(=S)[nH]c2cc(Br)c(F)cc21)C1CC1. The van der Waals surface area contributed by atoms with Gasteiger partial charge in [-0.05, 0) is 54.1 Å². The molecule has 19 heavy (non-hydrogen) atoms. The third kappa shape index (κ3) is 2.61. The third-order valence-electron chi connectivity index (χ3n) is 3.66. The van der Waals surface area contributed by atoms with Crippen LogP contribution in [0.2, 0.25) is 0 Å². The Hall–Kier alpha value is -0.720. The van der Waals surface area contributed by atoms with E-state index in [0.717, 1.165) is 30.2 Å². The first-order valence-corrected chi connectivity index (χ1v) is 7.54. The van der Waals surface area contributed by atoms with Gasteiger partial charge >= 0.3 is 0 Å². The van der Waals surface area contributed by atoms with Crippen LogP contribution in [-0.2, 0) is 6.54 Å².